The molecule has 6 heteroatoms. The van der Waals surface area contributed by atoms with Crippen LogP contribution in [0.3, 0.4) is 0 Å². The molecule has 0 aliphatic carbocycles. The third-order valence-electron chi connectivity index (χ3n) is 2.64. The number of methoxy groups -OCH3 is 1. The van der Waals surface area contributed by atoms with E-state index in [9.17, 15) is 9.59 Å². The lowest BCUT2D eigenvalue weighted by molar-refractivity contribution is -0.120. The van der Waals surface area contributed by atoms with Crippen LogP contribution in [0.4, 0.5) is 0 Å². The summed E-state index contributed by atoms with van der Waals surface area (Å²) in [7, 11) is 1.58. The number of ether oxygens (including phenoxy) is 1. The predicted octanol–water partition coefficient (Wildman–Crippen LogP) is 1.64. The Hall–Kier alpha value is -1.56. The fourth-order valence-corrected chi connectivity index (χ4v) is 2.11. The normalized spacial score (nSPS) is 9.95. The van der Waals surface area contributed by atoms with Crippen LogP contribution >= 0.6 is 15.9 Å². The summed E-state index contributed by atoms with van der Waals surface area (Å²) in [6.07, 6.45) is 0.976. The van der Waals surface area contributed by atoms with Gasteiger partial charge in [0, 0.05) is 30.0 Å². The molecule has 0 saturated carbocycles. The number of carbonyl (C=O) groups is 2. The van der Waals surface area contributed by atoms with Gasteiger partial charge in [-0.15, -0.1) is 0 Å². The Morgan fingerprint density at radius 1 is 1.25 bits per heavy atom. The fraction of sp³-hybridized carbons (Fsp3) is 0.429. The molecule has 0 atom stereocenters. The summed E-state index contributed by atoms with van der Waals surface area (Å²) in [6.45, 7) is 2.57. The van der Waals surface area contributed by atoms with Crippen molar-refractivity contribution >= 4 is 27.7 Å². The minimum absolute atomic E-state index is 0.0600. The first-order valence-corrected chi connectivity index (χ1v) is 7.15. The molecule has 0 heterocycles. The van der Waals surface area contributed by atoms with Gasteiger partial charge < -0.3 is 15.4 Å². The van der Waals surface area contributed by atoms with E-state index in [4.69, 9.17) is 4.74 Å². The first kappa shape index (κ1) is 16.5. The van der Waals surface area contributed by atoms with Crippen LogP contribution in [0.25, 0.3) is 0 Å². The van der Waals surface area contributed by atoms with Crippen molar-refractivity contribution in [2.45, 2.75) is 19.8 Å². The van der Waals surface area contributed by atoms with E-state index >= 15 is 0 Å². The second-order valence-corrected chi connectivity index (χ2v) is 5.24. The van der Waals surface area contributed by atoms with Crippen LogP contribution < -0.4 is 15.4 Å². The molecule has 20 heavy (non-hydrogen) atoms. The van der Waals surface area contributed by atoms with Gasteiger partial charge in [-0.05, 0) is 24.6 Å². The van der Waals surface area contributed by atoms with Crippen molar-refractivity contribution in [2.75, 3.05) is 20.2 Å². The van der Waals surface area contributed by atoms with E-state index in [-0.39, 0.29) is 18.2 Å². The lowest BCUT2D eigenvalue weighted by Gasteiger charge is -2.09. The standard InChI is InChI=1S/C14H19BrN2O3/c1-10(18)16-6-3-7-17-14(19)9-11-8-12(15)4-5-13(11)20-2/h4-5,8H,3,6-7,9H2,1-2H3,(H,16,18)(H,17,19). The van der Waals surface area contributed by atoms with Crippen molar-refractivity contribution < 1.29 is 14.3 Å². The van der Waals surface area contributed by atoms with E-state index in [1.165, 1.54) is 6.92 Å². The van der Waals surface area contributed by atoms with Crippen LogP contribution in [-0.2, 0) is 16.0 Å². The van der Waals surface area contributed by atoms with Gasteiger partial charge in [0.05, 0.1) is 13.5 Å². The SMILES string of the molecule is COc1ccc(Br)cc1CC(=O)NCCCNC(C)=O. The molecule has 1 aromatic rings. The molecule has 1 aromatic carbocycles. The van der Waals surface area contributed by atoms with Crippen molar-refractivity contribution in [3.8, 4) is 5.75 Å². The van der Waals surface area contributed by atoms with E-state index in [0.29, 0.717) is 25.3 Å². The molecule has 0 spiro atoms. The number of hydrogen-bond donors (Lipinski definition) is 2. The van der Waals surface area contributed by atoms with E-state index in [1.54, 1.807) is 7.11 Å². The molecule has 2 N–H and O–H groups in total. The van der Waals surface area contributed by atoms with E-state index in [0.717, 1.165) is 10.0 Å². The number of amides is 2. The molecular formula is C14H19BrN2O3. The smallest absolute Gasteiger partial charge is 0.224 e. The second kappa shape index (κ2) is 8.58. The third kappa shape index (κ3) is 6.06. The Morgan fingerprint density at radius 2 is 1.95 bits per heavy atom. The lowest BCUT2D eigenvalue weighted by Crippen LogP contribution is -2.29. The summed E-state index contributed by atoms with van der Waals surface area (Å²) in [5, 5.41) is 5.49. The van der Waals surface area contributed by atoms with E-state index in [1.807, 2.05) is 18.2 Å². The van der Waals surface area contributed by atoms with Gasteiger partial charge in [-0.3, -0.25) is 9.59 Å². The Bertz CT molecular complexity index is 477. The monoisotopic (exact) mass is 342 g/mol. The second-order valence-electron chi connectivity index (χ2n) is 4.32. The number of rotatable bonds is 7. The molecule has 1 rings (SSSR count). The van der Waals surface area contributed by atoms with Gasteiger partial charge in [0.1, 0.15) is 5.75 Å². The molecule has 0 aliphatic rings. The number of carbonyl (C=O) groups excluding carboxylic acids is 2. The molecule has 0 saturated heterocycles. The summed E-state index contributed by atoms with van der Waals surface area (Å²) in [5.41, 5.74) is 0.834. The van der Waals surface area contributed by atoms with Crippen LogP contribution in [0.1, 0.15) is 18.9 Å². The summed E-state index contributed by atoms with van der Waals surface area (Å²) in [4.78, 5) is 22.5. The van der Waals surface area contributed by atoms with Gasteiger partial charge in [0.25, 0.3) is 0 Å². The number of hydrogen-bond acceptors (Lipinski definition) is 3. The van der Waals surface area contributed by atoms with Crippen LogP contribution in [-0.4, -0.2) is 32.0 Å². The molecule has 0 fully saturated rings. The van der Waals surface area contributed by atoms with E-state index in [2.05, 4.69) is 26.6 Å². The van der Waals surface area contributed by atoms with Gasteiger partial charge in [0.2, 0.25) is 11.8 Å². The minimum Gasteiger partial charge on any atom is -0.496 e. The average Bonchev–Trinajstić information content (AvgIpc) is 2.38. The summed E-state index contributed by atoms with van der Waals surface area (Å²) >= 11 is 3.37. The first-order chi connectivity index (χ1) is 9.52. The Balaban J connectivity index is 2.38. The summed E-state index contributed by atoms with van der Waals surface area (Å²) in [6, 6.07) is 5.56. The van der Waals surface area contributed by atoms with Crippen LogP contribution in [0.15, 0.2) is 22.7 Å². The molecular weight excluding hydrogens is 324 g/mol. The minimum atomic E-state index is -0.0655. The highest BCUT2D eigenvalue weighted by atomic mass is 79.9. The fourth-order valence-electron chi connectivity index (χ4n) is 1.70. The zero-order chi connectivity index (χ0) is 15.0. The molecule has 0 aliphatic heterocycles. The molecule has 0 bridgehead atoms. The maximum absolute atomic E-state index is 11.8. The number of halogens is 1. The van der Waals surface area contributed by atoms with Crippen molar-refractivity contribution in [3.05, 3.63) is 28.2 Å². The van der Waals surface area contributed by atoms with Gasteiger partial charge >= 0.3 is 0 Å². The zero-order valence-electron chi connectivity index (χ0n) is 11.7. The van der Waals surface area contributed by atoms with Crippen molar-refractivity contribution in [3.63, 3.8) is 0 Å². The predicted molar refractivity (Wildman–Crippen MR) is 80.7 cm³/mol. The molecule has 0 radical (unpaired) electrons. The Morgan fingerprint density at radius 3 is 2.60 bits per heavy atom. The number of nitrogens with one attached hydrogen (secondary N) is 2. The highest BCUT2D eigenvalue weighted by Crippen LogP contribution is 2.23. The van der Waals surface area contributed by atoms with Crippen molar-refractivity contribution in [2.24, 2.45) is 0 Å². The maximum atomic E-state index is 11.8. The molecule has 5 nitrogen and oxygen atoms in total. The lowest BCUT2D eigenvalue weighted by atomic mass is 10.1. The van der Waals surface area contributed by atoms with Gasteiger partial charge in [0.15, 0.2) is 0 Å². The van der Waals surface area contributed by atoms with Crippen LogP contribution in [0.5, 0.6) is 5.75 Å². The van der Waals surface area contributed by atoms with Crippen LogP contribution in [0, 0.1) is 0 Å². The molecule has 110 valence electrons. The van der Waals surface area contributed by atoms with Gasteiger partial charge in [-0.1, -0.05) is 15.9 Å². The van der Waals surface area contributed by atoms with Crippen LogP contribution in [0.2, 0.25) is 0 Å². The zero-order valence-corrected chi connectivity index (χ0v) is 13.2. The third-order valence-corrected chi connectivity index (χ3v) is 3.14. The molecule has 2 amide bonds. The maximum Gasteiger partial charge on any atom is 0.224 e. The first-order valence-electron chi connectivity index (χ1n) is 6.36. The topological polar surface area (TPSA) is 67.4 Å². The van der Waals surface area contributed by atoms with Crippen molar-refractivity contribution in [1.82, 2.24) is 10.6 Å². The van der Waals surface area contributed by atoms with E-state index < -0.39 is 0 Å². The number of benzene rings is 1. The summed E-state index contributed by atoms with van der Waals surface area (Å²) in [5.74, 6) is 0.570. The van der Waals surface area contributed by atoms with Crippen molar-refractivity contribution in [1.29, 1.82) is 0 Å². The van der Waals surface area contributed by atoms with Gasteiger partial charge in [-0.25, -0.2) is 0 Å². The highest BCUT2D eigenvalue weighted by molar-refractivity contribution is 9.10. The Labute approximate surface area is 127 Å². The highest BCUT2D eigenvalue weighted by Gasteiger charge is 2.09. The average molecular weight is 343 g/mol. The quantitative estimate of drug-likeness (QED) is 0.740. The molecule has 0 aromatic heterocycles. The molecule has 0 unspecified atom stereocenters. The largest absolute Gasteiger partial charge is 0.496 e. The Kier molecular flexibility index (Phi) is 7.08. The summed E-state index contributed by atoms with van der Waals surface area (Å²) < 4.78 is 6.13. The van der Waals surface area contributed by atoms with Gasteiger partial charge in [-0.2, -0.15) is 0 Å².